The number of likely N-dealkylation sites (tertiary alicyclic amines) is 1. The largest absolute Gasteiger partial charge is 0.497 e. The first-order chi connectivity index (χ1) is 15.5. The van der Waals surface area contributed by atoms with E-state index < -0.39 is 0 Å². The second kappa shape index (κ2) is 11.9. The highest BCUT2D eigenvalue weighted by Gasteiger charge is 2.25. The third-order valence-corrected chi connectivity index (χ3v) is 6.84. The molecule has 1 aliphatic rings. The van der Waals surface area contributed by atoms with E-state index in [1.165, 1.54) is 24.6 Å². The average molecular weight is 456 g/mol. The minimum absolute atomic E-state index is 0.0507. The van der Waals surface area contributed by atoms with Gasteiger partial charge < -0.3 is 15.4 Å². The van der Waals surface area contributed by atoms with E-state index in [9.17, 15) is 9.59 Å². The van der Waals surface area contributed by atoms with Gasteiger partial charge in [0.2, 0.25) is 11.8 Å². The van der Waals surface area contributed by atoms with Crippen molar-refractivity contribution < 1.29 is 14.3 Å². The van der Waals surface area contributed by atoms with E-state index in [2.05, 4.69) is 21.6 Å². The van der Waals surface area contributed by atoms with Gasteiger partial charge in [-0.25, -0.2) is 0 Å². The maximum atomic E-state index is 12.7. The number of carbonyl (C=O) groups excluding carboxylic acids is 2. The lowest BCUT2D eigenvalue weighted by molar-refractivity contribution is -0.120. The summed E-state index contributed by atoms with van der Waals surface area (Å²) in [6, 6.07) is 15.8. The van der Waals surface area contributed by atoms with Crippen molar-refractivity contribution in [1.82, 2.24) is 10.2 Å². The minimum Gasteiger partial charge on any atom is -0.497 e. The standard InChI is InChI=1S/C25H33N3O3S/c1-18-9-11-21(12-10-18)27-24(29)17-32-19(2)25(30)26-16-23(28-13-4-5-14-28)20-7-6-8-22(15-20)31-3/h6-12,15,19,23H,4-5,13-14,16-17H2,1-3H3,(H,26,30)(H,27,29). The summed E-state index contributed by atoms with van der Waals surface area (Å²) in [5, 5.41) is 5.66. The first kappa shape index (κ1) is 24.1. The number of carbonyl (C=O) groups is 2. The predicted octanol–water partition coefficient (Wildman–Crippen LogP) is 4.02. The topological polar surface area (TPSA) is 70.7 Å². The SMILES string of the molecule is COc1cccc(C(CNC(=O)C(C)SCC(=O)Nc2ccc(C)cc2)N2CCCC2)c1. The van der Waals surface area contributed by atoms with Crippen LogP contribution in [0, 0.1) is 6.92 Å². The number of anilines is 1. The predicted molar refractivity (Wildman–Crippen MR) is 131 cm³/mol. The highest BCUT2D eigenvalue weighted by molar-refractivity contribution is 8.01. The molecule has 2 aromatic carbocycles. The lowest BCUT2D eigenvalue weighted by Gasteiger charge is -2.29. The number of methoxy groups -OCH3 is 1. The van der Waals surface area contributed by atoms with E-state index in [1.54, 1.807) is 7.11 Å². The molecule has 0 aromatic heterocycles. The second-order valence-electron chi connectivity index (χ2n) is 8.15. The first-order valence-corrected chi connectivity index (χ1v) is 12.1. The maximum Gasteiger partial charge on any atom is 0.234 e. The Morgan fingerprint density at radius 2 is 1.84 bits per heavy atom. The Morgan fingerprint density at radius 3 is 2.53 bits per heavy atom. The highest BCUT2D eigenvalue weighted by Crippen LogP contribution is 2.27. The Morgan fingerprint density at radius 1 is 1.12 bits per heavy atom. The number of hydrogen-bond donors (Lipinski definition) is 2. The van der Waals surface area contributed by atoms with E-state index in [0.29, 0.717) is 6.54 Å². The van der Waals surface area contributed by atoms with E-state index in [1.807, 2.05) is 56.3 Å². The number of ether oxygens (including phenoxy) is 1. The number of amides is 2. The quantitative estimate of drug-likeness (QED) is 0.566. The van der Waals surface area contributed by atoms with Crippen LogP contribution in [0.2, 0.25) is 0 Å². The molecule has 2 amide bonds. The lowest BCUT2D eigenvalue weighted by Crippen LogP contribution is -2.39. The van der Waals surface area contributed by atoms with Crippen molar-refractivity contribution >= 4 is 29.3 Å². The van der Waals surface area contributed by atoms with Gasteiger partial charge in [-0.05, 0) is 69.6 Å². The molecule has 1 heterocycles. The first-order valence-electron chi connectivity index (χ1n) is 11.1. The zero-order chi connectivity index (χ0) is 22.9. The van der Waals surface area contributed by atoms with Gasteiger partial charge in [-0.15, -0.1) is 11.8 Å². The Balaban J connectivity index is 1.51. The summed E-state index contributed by atoms with van der Waals surface area (Å²) in [7, 11) is 1.67. The summed E-state index contributed by atoms with van der Waals surface area (Å²) >= 11 is 1.34. The van der Waals surface area contributed by atoms with Crippen LogP contribution in [-0.4, -0.2) is 54.5 Å². The summed E-state index contributed by atoms with van der Waals surface area (Å²) < 4.78 is 5.39. The Hall–Kier alpha value is -2.51. The minimum atomic E-state index is -0.316. The van der Waals surface area contributed by atoms with Crippen molar-refractivity contribution in [2.24, 2.45) is 0 Å². The number of thioether (sulfide) groups is 1. The number of benzene rings is 2. The van der Waals surface area contributed by atoms with Gasteiger partial charge >= 0.3 is 0 Å². The molecule has 0 aliphatic carbocycles. The molecule has 2 N–H and O–H groups in total. The molecule has 0 radical (unpaired) electrons. The molecular formula is C25H33N3O3S. The summed E-state index contributed by atoms with van der Waals surface area (Å²) in [4.78, 5) is 27.4. The smallest absolute Gasteiger partial charge is 0.234 e. The van der Waals surface area contributed by atoms with E-state index >= 15 is 0 Å². The summed E-state index contributed by atoms with van der Waals surface area (Å²) in [5.41, 5.74) is 3.05. The molecule has 1 saturated heterocycles. The second-order valence-corrected chi connectivity index (χ2v) is 9.48. The average Bonchev–Trinajstić information content (AvgIpc) is 3.33. The van der Waals surface area contributed by atoms with Crippen LogP contribution in [0.3, 0.4) is 0 Å². The van der Waals surface area contributed by atoms with Crippen LogP contribution < -0.4 is 15.4 Å². The number of aryl methyl sites for hydroxylation is 1. The fourth-order valence-electron chi connectivity index (χ4n) is 3.81. The molecule has 7 heteroatoms. The van der Waals surface area contributed by atoms with Crippen molar-refractivity contribution in [3.63, 3.8) is 0 Å². The highest BCUT2D eigenvalue weighted by atomic mass is 32.2. The molecule has 172 valence electrons. The summed E-state index contributed by atoms with van der Waals surface area (Å²) in [5.74, 6) is 0.894. The zero-order valence-corrected chi connectivity index (χ0v) is 19.9. The van der Waals surface area contributed by atoms with Gasteiger partial charge in [0.1, 0.15) is 5.75 Å². The fraction of sp³-hybridized carbons (Fsp3) is 0.440. The third-order valence-electron chi connectivity index (χ3n) is 5.70. The molecular weight excluding hydrogens is 422 g/mol. The van der Waals surface area contributed by atoms with Crippen LogP contribution in [-0.2, 0) is 9.59 Å². The molecule has 1 aliphatic heterocycles. The molecule has 1 fully saturated rings. The number of hydrogen-bond acceptors (Lipinski definition) is 5. The van der Waals surface area contributed by atoms with Crippen LogP contribution in [0.25, 0.3) is 0 Å². The van der Waals surface area contributed by atoms with Crippen LogP contribution in [0.5, 0.6) is 5.75 Å². The Bertz CT molecular complexity index is 898. The molecule has 2 unspecified atom stereocenters. The lowest BCUT2D eigenvalue weighted by atomic mass is 10.0. The molecule has 3 rings (SSSR count). The van der Waals surface area contributed by atoms with Crippen LogP contribution in [0.4, 0.5) is 5.69 Å². The van der Waals surface area contributed by atoms with Crippen molar-refractivity contribution in [3.05, 3.63) is 59.7 Å². The van der Waals surface area contributed by atoms with Gasteiger partial charge in [-0.2, -0.15) is 0 Å². The maximum absolute atomic E-state index is 12.7. The van der Waals surface area contributed by atoms with E-state index in [0.717, 1.165) is 35.7 Å². The van der Waals surface area contributed by atoms with Crippen LogP contribution in [0.1, 0.15) is 36.9 Å². The van der Waals surface area contributed by atoms with Gasteiger partial charge in [-0.3, -0.25) is 14.5 Å². The molecule has 0 bridgehead atoms. The molecule has 6 nitrogen and oxygen atoms in total. The monoisotopic (exact) mass is 455 g/mol. The number of nitrogens with zero attached hydrogens (tertiary/aromatic N) is 1. The van der Waals surface area contributed by atoms with E-state index in [4.69, 9.17) is 4.74 Å². The normalized spacial score (nSPS) is 15.7. The number of nitrogens with one attached hydrogen (secondary N) is 2. The van der Waals surface area contributed by atoms with Gasteiger partial charge in [-0.1, -0.05) is 29.8 Å². The molecule has 2 aromatic rings. The Kier molecular flexibility index (Phi) is 9.00. The molecule has 32 heavy (non-hydrogen) atoms. The number of rotatable bonds is 10. The van der Waals surface area contributed by atoms with Crippen LogP contribution in [0.15, 0.2) is 48.5 Å². The van der Waals surface area contributed by atoms with Gasteiger partial charge in [0, 0.05) is 12.2 Å². The zero-order valence-electron chi connectivity index (χ0n) is 19.1. The molecule has 0 saturated carbocycles. The van der Waals surface area contributed by atoms with Crippen molar-refractivity contribution in [2.75, 3.05) is 37.8 Å². The van der Waals surface area contributed by atoms with Crippen molar-refractivity contribution in [3.8, 4) is 5.75 Å². The van der Waals surface area contributed by atoms with Crippen molar-refractivity contribution in [2.45, 2.75) is 38.0 Å². The Labute approximate surface area is 195 Å². The van der Waals surface area contributed by atoms with E-state index in [-0.39, 0.29) is 28.9 Å². The molecule has 2 atom stereocenters. The van der Waals surface area contributed by atoms with Gasteiger partial charge in [0.15, 0.2) is 0 Å². The summed E-state index contributed by atoms with van der Waals surface area (Å²) in [6.45, 7) is 6.44. The fourth-order valence-corrected chi connectivity index (χ4v) is 4.52. The van der Waals surface area contributed by atoms with Crippen LogP contribution >= 0.6 is 11.8 Å². The van der Waals surface area contributed by atoms with Crippen molar-refractivity contribution in [1.29, 1.82) is 0 Å². The third kappa shape index (κ3) is 7.00. The van der Waals surface area contributed by atoms with Gasteiger partial charge in [0.05, 0.1) is 24.2 Å². The summed E-state index contributed by atoms with van der Waals surface area (Å²) in [6.07, 6.45) is 2.35. The molecule has 0 spiro atoms. The van der Waals surface area contributed by atoms with Gasteiger partial charge in [0.25, 0.3) is 0 Å².